The van der Waals surface area contributed by atoms with Crippen molar-refractivity contribution in [2.24, 2.45) is 0 Å². The number of aliphatic carboxylic acids is 1. The van der Waals surface area contributed by atoms with E-state index < -0.39 is 5.97 Å². The lowest BCUT2D eigenvalue weighted by Crippen LogP contribution is -2.29. The van der Waals surface area contributed by atoms with Gasteiger partial charge < -0.3 is 15.2 Å². The molecule has 15 heavy (non-hydrogen) atoms. The van der Waals surface area contributed by atoms with Crippen LogP contribution in [0, 0.1) is 0 Å². The van der Waals surface area contributed by atoms with E-state index in [1.807, 2.05) is 6.92 Å². The molecule has 0 heterocycles. The number of carboxylic acids is 1. The van der Waals surface area contributed by atoms with Crippen molar-refractivity contribution in [2.45, 2.75) is 13.3 Å². The maximum atomic E-state index is 11.0. The first-order chi connectivity index (χ1) is 7.16. The molecule has 0 bridgehead atoms. The Hall–Kier alpha value is -0.750. The first kappa shape index (κ1) is 14.2. The fraction of sp³-hybridized carbons (Fsp3) is 0.778. The van der Waals surface area contributed by atoms with E-state index in [2.05, 4.69) is 5.32 Å². The van der Waals surface area contributed by atoms with Crippen molar-refractivity contribution in [3.63, 3.8) is 0 Å². The second-order valence-electron chi connectivity index (χ2n) is 2.74. The van der Waals surface area contributed by atoms with Crippen molar-refractivity contribution in [2.75, 3.05) is 31.3 Å². The number of nitrogens with one attached hydrogen (secondary N) is 1. The molecule has 0 spiro atoms. The third-order valence-corrected chi connectivity index (χ3v) is 2.45. The largest absolute Gasteiger partial charge is 0.481 e. The molecule has 0 unspecified atom stereocenters. The summed E-state index contributed by atoms with van der Waals surface area (Å²) in [6.07, 6.45) is 0.164. The van der Waals surface area contributed by atoms with Gasteiger partial charge in [0.05, 0.1) is 6.42 Å². The van der Waals surface area contributed by atoms with Crippen LogP contribution in [0.5, 0.6) is 0 Å². The molecule has 1 amide bonds. The van der Waals surface area contributed by atoms with Crippen LogP contribution in [-0.4, -0.2) is 48.2 Å². The van der Waals surface area contributed by atoms with Crippen LogP contribution in [0.25, 0.3) is 0 Å². The van der Waals surface area contributed by atoms with E-state index in [0.29, 0.717) is 18.9 Å². The molecule has 88 valence electrons. The van der Waals surface area contributed by atoms with Crippen molar-refractivity contribution < 1.29 is 19.4 Å². The lowest BCUT2D eigenvalue weighted by Gasteiger charge is -2.04. The number of carboxylic acid groups (broad SMARTS) is 1. The monoisotopic (exact) mass is 235 g/mol. The van der Waals surface area contributed by atoms with Gasteiger partial charge in [-0.15, -0.1) is 0 Å². The molecule has 0 fully saturated rings. The average molecular weight is 235 g/mol. The molecular weight excluding hydrogens is 218 g/mol. The molecule has 0 aliphatic carbocycles. The number of thioether (sulfide) groups is 1. The topological polar surface area (TPSA) is 75.6 Å². The van der Waals surface area contributed by atoms with E-state index in [4.69, 9.17) is 9.84 Å². The highest BCUT2D eigenvalue weighted by Gasteiger charge is 2.00. The van der Waals surface area contributed by atoms with E-state index in [1.54, 1.807) is 0 Å². The first-order valence-corrected chi connectivity index (χ1v) is 5.96. The van der Waals surface area contributed by atoms with Gasteiger partial charge in [0, 0.05) is 24.7 Å². The molecule has 6 heteroatoms. The van der Waals surface area contributed by atoms with Crippen molar-refractivity contribution in [1.29, 1.82) is 0 Å². The molecule has 0 atom stereocenters. The predicted octanol–water partition coefficient (Wildman–Crippen LogP) is 0.347. The van der Waals surface area contributed by atoms with Crippen LogP contribution in [0.2, 0.25) is 0 Å². The zero-order valence-electron chi connectivity index (χ0n) is 8.82. The minimum absolute atomic E-state index is 0.0935. The highest BCUT2D eigenvalue weighted by Crippen LogP contribution is 2.00. The smallest absolute Gasteiger partial charge is 0.304 e. The fourth-order valence-corrected chi connectivity index (χ4v) is 1.54. The van der Waals surface area contributed by atoms with Crippen LogP contribution < -0.4 is 5.32 Å². The maximum Gasteiger partial charge on any atom is 0.304 e. The third kappa shape index (κ3) is 11.2. The highest BCUT2D eigenvalue weighted by molar-refractivity contribution is 7.99. The van der Waals surface area contributed by atoms with Gasteiger partial charge in [0.25, 0.3) is 0 Å². The minimum Gasteiger partial charge on any atom is -0.481 e. The van der Waals surface area contributed by atoms with Gasteiger partial charge in [0.1, 0.15) is 6.61 Å². The predicted molar refractivity (Wildman–Crippen MR) is 59.1 cm³/mol. The molecule has 5 nitrogen and oxygen atoms in total. The summed E-state index contributed by atoms with van der Waals surface area (Å²) >= 11 is 1.51. The number of ether oxygens (including phenoxy) is 1. The summed E-state index contributed by atoms with van der Waals surface area (Å²) in [6, 6.07) is 0. The summed E-state index contributed by atoms with van der Waals surface area (Å²) in [5.41, 5.74) is 0. The Kier molecular flexibility index (Phi) is 9.30. The Morgan fingerprint density at radius 1 is 1.40 bits per heavy atom. The van der Waals surface area contributed by atoms with Gasteiger partial charge in [-0.05, 0) is 6.92 Å². The molecular formula is C9H17NO4S. The second kappa shape index (κ2) is 9.79. The molecule has 0 aliphatic rings. The Bertz CT molecular complexity index is 199. The second-order valence-corrected chi connectivity index (χ2v) is 3.97. The van der Waals surface area contributed by atoms with Gasteiger partial charge in [-0.25, -0.2) is 0 Å². The number of rotatable bonds is 9. The molecule has 0 radical (unpaired) electrons. The first-order valence-electron chi connectivity index (χ1n) is 4.80. The third-order valence-electron chi connectivity index (χ3n) is 1.47. The van der Waals surface area contributed by atoms with E-state index in [9.17, 15) is 9.59 Å². The van der Waals surface area contributed by atoms with Gasteiger partial charge in [0.2, 0.25) is 5.91 Å². The van der Waals surface area contributed by atoms with Crippen molar-refractivity contribution >= 4 is 23.6 Å². The lowest BCUT2D eigenvalue weighted by molar-refractivity contribution is -0.136. The summed E-state index contributed by atoms with van der Waals surface area (Å²) in [7, 11) is 0. The zero-order chi connectivity index (χ0) is 11.5. The summed E-state index contributed by atoms with van der Waals surface area (Å²) < 4.78 is 4.91. The van der Waals surface area contributed by atoms with Gasteiger partial charge in [-0.1, -0.05) is 0 Å². The fourth-order valence-electron chi connectivity index (χ4n) is 0.770. The summed E-state index contributed by atoms with van der Waals surface area (Å²) in [6.45, 7) is 3.00. The quantitative estimate of drug-likeness (QED) is 0.564. The van der Waals surface area contributed by atoms with Crippen molar-refractivity contribution in [3.8, 4) is 0 Å². The summed E-state index contributed by atoms with van der Waals surface area (Å²) in [4.78, 5) is 21.2. The Balaban J connectivity index is 3.16. The number of amides is 1. The van der Waals surface area contributed by atoms with Gasteiger partial charge in [-0.3, -0.25) is 9.59 Å². The summed E-state index contributed by atoms with van der Waals surface area (Å²) in [5.74, 6) is 0.389. The minimum atomic E-state index is -0.789. The number of carbonyl (C=O) groups excluding carboxylic acids is 1. The molecule has 0 aliphatic heterocycles. The van der Waals surface area contributed by atoms with Gasteiger partial charge >= 0.3 is 5.97 Å². The number of hydrogen-bond acceptors (Lipinski definition) is 4. The van der Waals surface area contributed by atoms with E-state index >= 15 is 0 Å². The standard InChI is InChI=1S/C9H17NO4S/c1-2-14-7-8(11)10-4-6-15-5-3-9(12)13/h2-7H2,1H3,(H,10,11)(H,12,13). The Morgan fingerprint density at radius 3 is 2.73 bits per heavy atom. The molecule has 0 aromatic heterocycles. The van der Waals surface area contributed by atoms with E-state index in [1.165, 1.54) is 11.8 Å². The van der Waals surface area contributed by atoms with Crippen molar-refractivity contribution in [1.82, 2.24) is 5.32 Å². The van der Waals surface area contributed by atoms with E-state index in [-0.39, 0.29) is 18.9 Å². The number of carbonyl (C=O) groups is 2. The van der Waals surface area contributed by atoms with Crippen LogP contribution in [0.1, 0.15) is 13.3 Å². The average Bonchev–Trinajstić information content (AvgIpc) is 2.19. The van der Waals surface area contributed by atoms with Gasteiger partial charge in [-0.2, -0.15) is 11.8 Å². The lowest BCUT2D eigenvalue weighted by atomic mass is 10.5. The SMILES string of the molecule is CCOCC(=O)NCCSCCC(=O)O. The normalized spacial score (nSPS) is 9.93. The zero-order valence-corrected chi connectivity index (χ0v) is 9.64. The number of hydrogen-bond donors (Lipinski definition) is 2. The van der Waals surface area contributed by atoms with E-state index in [0.717, 1.165) is 5.75 Å². The molecule has 2 N–H and O–H groups in total. The molecule has 0 aromatic rings. The van der Waals surface area contributed by atoms with Crippen molar-refractivity contribution in [3.05, 3.63) is 0 Å². The molecule has 0 saturated heterocycles. The maximum absolute atomic E-state index is 11.0. The molecule has 0 aromatic carbocycles. The Labute approximate surface area is 93.6 Å². The van der Waals surface area contributed by atoms with Crippen LogP contribution in [-0.2, 0) is 14.3 Å². The van der Waals surface area contributed by atoms with Crippen LogP contribution in [0.15, 0.2) is 0 Å². The van der Waals surface area contributed by atoms with Crippen LogP contribution in [0.3, 0.4) is 0 Å². The Morgan fingerprint density at radius 2 is 2.13 bits per heavy atom. The highest BCUT2D eigenvalue weighted by atomic mass is 32.2. The van der Waals surface area contributed by atoms with Crippen LogP contribution in [0.4, 0.5) is 0 Å². The van der Waals surface area contributed by atoms with Gasteiger partial charge in [0.15, 0.2) is 0 Å². The van der Waals surface area contributed by atoms with Crippen LogP contribution >= 0.6 is 11.8 Å². The molecule has 0 rings (SSSR count). The molecule has 0 saturated carbocycles. The summed E-state index contributed by atoms with van der Waals surface area (Å²) in [5, 5.41) is 11.0.